The second kappa shape index (κ2) is 15.9. The smallest absolute Gasteiger partial charge is 0.308 e. The van der Waals surface area contributed by atoms with E-state index < -0.39 is 11.9 Å². The Morgan fingerprint density at radius 2 is 1.79 bits per heavy atom. The minimum atomic E-state index is -0.858. The zero-order valence-corrected chi connectivity index (χ0v) is 28.0. The number of halogens is 1. The zero-order chi connectivity index (χ0) is 33.5. The zero-order valence-electron chi connectivity index (χ0n) is 28.0. The first kappa shape index (κ1) is 34.6. The van der Waals surface area contributed by atoms with Crippen LogP contribution in [0.4, 0.5) is 10.1 Å². The van der Waals surface area contributed by atoms with Gasteiger partial charge in [-0.2, -0.15) is 0 Å². The molecule has 1 amide bonds. The molecular weight excluding hydrogens is 595 g/mol. The highest BCUT2D eigenvalue weighted by molar-refractivity contribution is 5.95. The maximum atomic E-state index is 14.5. The molecule has 252 valence electrons. The van der Waals surface area contributed by atoms with E-state index in [2.05, 4.69) is 24.8 Å². The van der Waals surface area contributed by atoms with Crippen molar-refractivity contribution in [2.24, 2.45) is 5.92 Å². The highest BCUT2D eigenvalue weighted by Gasteiger charge is 2.47. The van der Waals surface area contributed by atoms with Crippen molar-refractivity contribution in [2.45, 2.75) is 96.7 Å². The molecule has 2 heterocycles. The van der Waals surface area contributed by atoms with Crippen LogP contribution >= 0.6 is 0 Å². The first-order valence-electron chi connectivity index (χ1n) is 17.2. The van der Waals surface area contributed by atoms with E-state index in [1.807, 2.05) is 41.3 Å². The molecule has 0 radical (unpaired) electrons. The van der Waals surface area contributed by atoms with E-state index in [-0.39, 0.29) is 42.9 Å². The third-order valence-corrected chi connectivity index (χ3v) is 10.0. The number of carbonyl (C=O) groups excluding carboxylic acids is 1. The lowest BCUT2D eigenvalue weighted by Gasteiger charge is -2.35. The van der Waals surface area contributed by atoms with Crippen molar-refractivity contribution in [2.75, 3.05) is 24.6 Å². The van der Waals surface area contributed by atoms with Crippen LogP contribution in [-0.4, -0.2) is 58.8 Å². The summed E-state index contributed by atoms with van der Waals surface area (Å²) in [5.74, 6) is -1.39. The van der Waals surface area contributed by atoms with Crippen LogP contribution in [0, 0.1) is 18.7 Å². The Balaban J connectivity index is 1.47. The summed E-state index contributed by atoms with van der Waals surface area (Å²) in [5, 5.41) is 20.6. The van der Waals surface area contributed by atoms with Gasteiger partial charge in [-0.05, 0) is 91.1 Å². The lowest BCUT2D eigenvalue weighted by Crippen LogP contribution is -2.48. The Kier molecular flexibility index (Phi) is 11.7. The third kappa shape index (κ3) is 7.87. The Labute approximate surface area is 278 Å². The van der Waals surface area contributed by atoms with E-state index in [4.69, 9.17) is 4.74 Å². The molecule has 3 aromatic carbocycles. The fourth-order valence-electron chi connectivity index (χ4n) is 7.74. The summed E-state index contributed by atoms with van der Waals surface area (Å²) in [6.07, 6.45) is 6.27. The van der Waals surface area contributed by atoms with Gasteiger partial charge >= 0.3 is 5.97 Å². The van der Waals surface area contributed by atoms with E-state index in [1.165, 1.54) is 6.07 Å². The van der Waals surface area contributed by atoms with Crippen LogP contribution < -0.4 is 9.64 Å². The second-order valence-electron chi connectivity index (χ2n) is 13.2. The molecule has 0 unspecified atom stereocenters. The van der Waals surface area contributed by atoms with E-state index in [0.29, 0.717) is 37.2 Å². The largest absolute Gasteiger partial charge is 0.493 e. The maximum Gasteiger partial charge on any atom is 0.308 e. The number of likely N-dealkylation sites (tertiary alicyclic amines) is 1. The van der Waals surface area contributed by atoms with E-state index in [0.717, 1.165) is 66.5 Å². The van der Waals surface area contributed by atoms with Gasteiger partial charge in [0.05, 0.1) is 25.7 Å². The Bertz CT molecular complexity index is 1540. The van der Waals surface area contributed by atoms with Crippen LogP contribution in [0.5, 0.6) is 5.75 Å². The number of aliphatic hydroxyl groups excluding tert-OH is 1. The molecule has 47 heavy (non-hydrogen) atoms. The monoisotopic (exact) mass is 644 g/mol. The lowest BCUT2D eigenvalue weighted by molar-refractivity contribution is -0.143. The number of hydrogen-bond acceptors (Lipinski definition) is 5. The first-order valence-corrected chi connectivity index (χ1v) is 17.2. The van der Waals surface area contributed by atoms with Gasteiger partial charge in [0.1, 0.15) is 11.6 Å². The van der Waals surface area contributed by atoms with Crippen LogP contribution in [0.3, 0.4) is 0 Å². The lowest BCUT2D eigenvalue weighted by atomic mass is 9.83. The Hall–Kier alpha value is -3.75. The molecular formula is C39H49FN2O5. The number of hydrogen-bond donors (Lipinski definition) is 2. The molecule has 2 N–H and O–H groups in total. The molecule has 0 saturated carbocycles. The van der Waals surface area contributed by atoms with E-state index in [1.54, 1.807) is 19.1 Å². The number of carboxylic acid groups (broad SMARTS) is 1. The average molecular weight is 645 g/mol. The van der Waals surface area contributed by atoms with Gasteiger partial charge in [-0.3, -0.25) is 14.5 Å². The van der Waals surface area contributed by atoms with Gasteiger partial charge in [-0.1, -0.05) is 63.1 Å². The number of nitrogens with zero attached hydrogens (tertiary/aromatic N) is 2. The molecule has 5 rings (SSSR count). The molecule has 0 bridgehead atoms. The first-order chi connectivity index (χ1) is 22.7. The average Bonchev–Trinajstić information content (AvgIpc) is 3.67. The van der Waals surface area contributed by atoms with Crippen molar-refractivity contribution in [3.8, 4) is 5.75 Å². The molecule has 1 saturated heterocycles. The molecule has 7 nitrogen and oxygen atoms in total. The molecule has 3 aromatic rings. The van der Waals surface area contributed by atoms with Crippen molar-refractivity contribution in [3.05, 3.63) is 94.3 Å². The van der Waals surface area contributed by atoms with Crippen LogP contribution in [0.15, 0.2) is 60.7 Å². The topological polar surface area (TPSA) is 90.3 Å². The highest BCUT2D eigenvalue weighted by Crippen LogP contribution is 2.42. The van der Waals surface area contributed by atoms with Gasteiger partial charge in [0.15, 0.2) is 0 Å². The highest BCUT2D eigenvalue weighted by atomic mass is 19.1. The molecule has 1 fully saturated rings. The number of aliphatic carboxylic acids is 1. The van der Waals surface area contributed by atoms with Gasteiger partial charge in [0, 0.05) is 36.7 Å². The van der Waals surface area contributed by atoms with E-state index in [9.17, 15) is 24.2 Å². The normalized spacial score (nSPS) is 19.1. The minimum Gasteiger partial charge on any atom is -0.493 e. The number of aliphatic hydroxyl groups is 1. The number of carbonyl (C=O) groups is 2. The van der Waals surface area contributed by atoms with Crippen LogP contribution in [0.2, 0.25) is 0 Å². The van der Waals surface area contributed by atoms with Crippen LogP contribution in [0.25, 0.3) is 0 Å². The van der Waals surface area contributed by atoms with Gasteiger partial charge in [0.25, 0.3) is 0 Å². The van der Waals surface area contributed by atoms with Gasteiger partial charge < -0.3 is 19.8 Å². The SMILES string of the molecule is CCCC(CCC)N(C(=O)CN1C[C@H](c2ccc3c(c2)CCO3)[C@@H](C(=O)O)[C@@H]1CCCc1ccccc1CO)c1ccc(F)c(C)c1. The number of ether oxygens (including phenoxy) is 1. The Morgan fingerprint density at radius 1 is 1.04 bits per heavy atom. The molecule has 0 spiro atoms. The number of benzene rings is 3. The molecule has 0 aromatic heterocycles. The summed E-state index contributed by atoms with van der Waals surface area (Å²) in [6, 6.07) is 18.3. The number of carboxylic acids is 1. The third-order valence-electron chi connectivity index (χ3n) is 10.0. The molecule has 2 aliphatic heterocycles. The second-order valence-corrected chi connectivity index (χ2v) is 13.2. The Morgan fingerprint density at radius 3 is 2.47 bits per heavy atom. The number of anilines is 1. The summed E-state index contributed by atoms with van der Waals surface area (Å²) in [7, 11) is 0. The minimum absolute atomic E-state index is 0.0406. The molecule has 3 atom stereocenters. The number of fused-ring (bicyclic) bond motifs is 1. The van der Waals surface area contributed by atoms with Crippen molar-refractivity contribution in [1.82, 2.24) is 4.90 Å². The number of amides is 1. The molecule has 2 aliphatic rings. The summed E-state index contributed by atoms with van der Waals surface area (Å²) < 4.78 is 20.1. The van der Waals surface area contributed by atoms with Gasteiger partial charge in [0.2, 0.25) is 5.91 Å². The van der Waals surface area contributed by atoms with Crippen molar-refractivity contribution < 1.29 is 28.9 Å². The van der Waals surface area contributed by atoms with Crippen molar-refractivity contribution in [3.63, 3.8) is 0 Å². The number of aryl methyl sites for hydroxylation is 2. The summed E-state index contributed by atoms with van der Waals surface area (Å²) >= 11 is 0. The van der Waals surface area contributed by atoms with Crippen molar-refractivity contribution >= 4 is 17.6 Å². The summed E-state index contributed by atoms with van der Waals surface area (Å²) in [5.41, 5.74) is 5.16. The van der Waals surface area contributed by atoms with Gasteiger partial charge in [-0.15, -0.1) is 0 Å². The van der Waals surface area contributed by atoms with E-state index >= 15 is 0 Å². The molecule has 8 heteroatoms. The van der Waals surface area contributed by atoms with Crippen LogP contribution in [-0.2, 0) is 29.0 Å². The fourth-order valence-corrected chi connectivity index (χ4v) is 7.74. The molecule has 0 aliphatic carbocycles. The van der Waals surface area contributed by atoms with Crippen LogP contribution in [0.1, 0.15) is 86.1 Å². The standard InChI is InChI=1S/C39H49FN2O5/c1-4-9-31(10-5-2)42(32-16-17-34(40)26(3)21-32)37(44)24-41-23-33(28-15-18-36-29(22-28)19-20-47-36)38(39(45)46)35(41)14-8-13-27-11-6-7-12-30(27)25-43/h6-7,11-12,15-18,21-22,31,33,35,38,43H,4-5,8-10,13-14,19-20,23-25H2,1-3H3,(H,45,46)/t33-,35+,38-/m1/s1. The summed E-state index contributed by atoms with van der Waals surface area (Å²) in [4.78, 5) is 31.5. The number of rotatable bonds is 15. The van der Waals surface area contributed by atoms with Crippen molar-refractivity contribution in [1.29, 1.82) is 0 Å². The summed E-state index contributed by atoms with van der Waals surface area (Å²) in [6.45, 7) is 7.03. The quantitative estimate of drug-likeness (QED) is 0.184. The fraction of sp³-hybridized carbons (Fsp3) is 0.487. The maximum absolute atomic E-state index is 14.5. The predicted molar refractivity (Wildman–Crippen MR) is 182 cm³/mol. The predicted octanol–water partition coefficient (Wildman–Crippen LogP) is 7.05. The van der Waals surface area contributed by atoms with Gasteiger partial charge in [-0.25, -0.2) is 4.39 Å².